The first-order valence-corrected chi connectivity index (χ1v) is 4.50. The Morgan fingerprint density at radius 1 is 1.50 bits per heavy atom. The number of nitrogens with zero attached hydrogens (tertiary/aromatic N) is 2. The third-order valence-corrected chi connectivity index (χ3v) is 2.84. The molecular weight excluding hydrogens is 192 g/mol. The van der Waals surface area contributed by atoms with Gasteiger partial charge in [0.1, 0.15) is 11.6 Å². The van der Waals surface area contributed by atoms with E-state index in [1.807, 2.05) is 0 Å². The van der Waals surface area contributed by atoms with Crippen molar-refractivity contribution in [3.8, 4) is 6.07 Å². The first kappa shape index (κ1) is 7.53. The number of fused-ring (bicyclic) bond motifs is 1. The van der Waals surface area contributed by atoms with Crippen LogP contribution in [0.5, 0.6) is 0 Å². The lowest BCUT2D eigenvalue weighted by Crippen LogP contribution is -1.77. The van der Waals surface area contributed by atoms with Crippen molar-refractivity contribution in [1.29, 1.82) is 5.26 Å². The fourth-order valence-electron chi connectivity index (χ4n) is 1.01. The molecule has 4 heteroatoms. The molecule has 58 valence electrons. The zero-order valence-electron chi connectivity index (χ0n) is 5.91. The van der Waals surface area contributed by atoms with Gasteiger partial charge in [0.05, 0.1) is 20.8 Å². The summed E-state index contributed by atoms with van der Waals surface area (Å²) >= 11 is 7.34. The van der Waals surface area contributed by atoms with E-state index in [-0.39, 0.29) is 0 Å². The molecule has 0 radical (unpaired) electrons. The lowest BCUT2D eigenvalue weighted by atomic mass is 10.2. The third kappa shape index (κ3) is 0.970. The number of hydrogen-bond acceptors (Lipinski definition) is 3. The molecule has 1 aromatic carbocycles. The molecular formula is C8H3ClN2S. The molecule has 0 aliphatic carbocycles. The van der Waals surface area contributed by atoms with Crippen molar-refractivity contribution >= 4 is 33.2 Å². The highest BCUT2D eigenvalue weighted by molar-refractivity contribution is 7.17. The maximum atomic E-state index is 8.72. The molecule has 0 aliphatic rings. The second-order valence-electron chi connectivity index (χ2n) is 2.24. The minimum absolute atomic E-state index is 0.579. The summed E-state index contributed by atoms with van der Waals surface area (Å²) < 4.78 is 0.885. The van der Waals surface area contributed by atoms with Gasteiger partial charge in [0.15, 0.2) is 0 Å². The molecule has 12 heavy (non-hydrogen) atoms. The third-order valence-electron chi connectivity index (χ3n) is 1.56. The molecule has 0 unspecified atom stereocenters. The number of thiazole rings is 1. The highest BCUT2D eigenvalue weighted by Gasteiger charge is 2.05. The molecule has 0 fully saturated rings. The second kappa shape index (κ2) is 2.74. The summed E-state index contributed by atoms with van der Waals surface area (Å²) in [6.45, 7) is 0. The van der Waals surface area contributed by atoms with Crippen LogP contribution in [0.15, 0.2) is 17.6 Å². The number of rotatable bonds is 0. The minimum atomic E-state index is 0.579. The van der Waals surface area contributed by atoms with Crippen molar-refractivity contribution in [2.45, 2.75) is 0 Å². The molecule has 0 saturated carbocycles. The van der Waals surface area contributed by atoms with Crippen LogP contribution in [0.3, 0.4) is 0 Å². The van der Waals surface area contributed by atoms with E-state index in [1.165, 1.54) is 11.3 Å². The van der Waals surface area contributed by atoms with Crippen LogP contribution in [-0.2, 0) is 0 Å². The summed E-state index contributed by atoms with van der Waals surface area (Å²) in [7, 11) is 0. The molecule has 0 saturated heterocycles. The number of benzene rings is 1. The van der Waals surface area contributed by atoms with Gasteiger partial charge in [-0.2, -0.15) is 5.26 Å². The van der Waals surface area contributed by atoms with Crippen molar-refractivity contribution < 1.29 is 0 Å². The lowest BCUT2D eigenvalue weighted by molar-refractivity contribution is 1.45. The Kier molecular flexibility index (Phi) is 1.72. The van der Waals surface area contributed by atoms with E-state index in [0.29, 0.717) is 16.1 Å². The van der Waals surface area contributed by atoms with Crippen molar-refractivity contribution in [2.75, 3.05) is 0 Å². The number of hydrogen-bond donors (Lipinski definition) is 0. The van der Waals surface area contributed by atoms with Crippen LogP contribution in [0.1, 0.15) is 5.56 Å². The number of halogens is 1. The Morgan fingerprint density at radius 3 is 3.08 bits per heavy atom. The Bertz CT molecular complexity index is 469. The molecule has 2 nitrogen and oxygen atoms in total. The molecule has 1 heterocycles. The van der Waals surface area contributed by atoms with Crippen LogP contribution in [0, 0.1) is 11.3 Å². The molecule has 0 N–H and O–H groups in total. The number of aromatic nitrogens is 1. The quantitative estimate of drug-likeness (QED) is 0.647. The zero-order chi connectivity index (χ0) is 8.55. The predicted octanol–water partition coefficient (Wildman–Crippen LogP) is 2.82. The molecule has 0 amide bonds. The van der Waals surface area contributed by atoms with Gasteiger partial charge in [-0.3, -0.25) is 0 Å². The molecule has 0 bridgehead atoms. The first-order valence-electron chi connectivity index (χ1n) is 3.24. The summed E-state index contributed by atoms with van der Waals surface area (Å²) in [6, 6.07) is 5.48. The standard InChI is InChI=1S/C8H3ClN2S/c9-6-2-1-5(3-10)7-8(6)12-4-11-7/h1-2,4H. The van der Waals surface area contributed by atoms with Crippen molar-refractivity contribution in [3.63, 3.8) is 0 Å². The summed E-state index contributed by atoms with van der Waals surface area (Å²) in [5.74, 6) is 0. The van der Waals surface area contributed by atoms with Crippen molar-refractivity contribution in [2.24, 2.45) is 0 Å². The summed E-state index contributed by atoms with van der Waals surface area (Å²) in [4.78, 5) is 4.06. The Hall–Kier alpha value is -1.11. The fraction of sp³-hybridized carbons (Fsp3) is 0. The van der Waals surface area contributed by atoms with Crippen LogP contribution in [0.25, 0.3) is 10.2 Å². The normalized spacial score (nSPS) is 10.0. The van der Waals surface area contributed by atoms with Crippen LogP contribution in [0.4, 0.5) is 0 Å². The van der Waals surface area contributed by atoms with Crippen LogP contribution >= 0.6 is 22.9 Å². The van der Waals surface area contributed by atoms with E-state index in [9.17, 15) is 0 Å². The van der Waals surface area contributed by atoms with Gasteiger partial charge in [-0.25, -0.2) is 4.98 Å². The van der Waals surface area contributed by atoms with Gasteiger partial charge in [0.25, 0.3) is 0 Å². The molecule has 0 atom stereocenters. The van der Waals surface area contributed by atoms with E-state index in [2.05, 4.69) is 11.1 Å². The molecule has 1 aromatic heterocycles. The van der Waals surface area contributed by atoms with Gasteiger partial charge < -0.3 is 0 Å². The maximum absolute atomic E-state index is 8.72. The smallest absolute Gasteiger partial charge is 0.101 e. The van der Waals surface area contributed by atoms with Crippen molar-refractivity contribution in [3.05, 3.63) is 28.2 Å². The predicted molar refractivity (Wildman–Crippen MR) is 49.3 cm³/mol. The topological polar surface area (TPSA) is 36.7 Å². The second-order valence-corrected chi connectivity index (χ2v) is 3.50. The van der Waals surface area contributed by atoms with Crippen LogP contribution < -0.4 is 0 Å². The van der Waals surface area contributed by atoms with Gasteiger partial charge in [0, 0.05) is 0 Å². The van der Waals surface area contributed by atoms with Crippen molar-refractivity contribution in [1.82, 2.24) is 4.98 Å². The van der Waals surface area contributed by atoms with Gasteiger partial charge in [-0.15, -0.1) is 11.3 Å². The minimum Gasteiger partial charge on any atom is -0.243 e. The largest absolute Gasteiger partial charge is 0.243 e. The highest BCUT2D eigenvalue weighted by atomic mass is 35.5. The first-order chi connectivity index (χ1) is 5.83. The summed E-state index contributed by atoms with van der Waals surface area (Å²) in [5, 5.41) is 9.38. The molecule has 0 aliphatic heterocycles. The maximum Gasteiger partial charge on any atom is 0.101 e. The van der Waals surface area contributed by atoms with E-state index in [4.69, 9.17) is 16.9 Å². The molecule has 2 rings (SSSR count). The van der Waals surface area contributed by atoms with E-state index < -0.39 is 0 Å². The van der Waals surface area contributed by atoms with Crippen LogP contribution in [-0.4, -0.2) is 4.98 Å². The average Bonchev–Trinajstić information content (AvgIpc) is 2.54. The summed E-state index contributed by atoms with van der Waals surface area (Å²) in [6.07, 6.45) is 0. The van der Waals surface area contributed by atoms with Gasteiger partial charge >= 0.3 is 0 Å². The summed E-state index contributed by atoms with van der Waals surface area (Å²) in [5.41, 5.74) is 2.97. The fourth-order valence-corrected chi connectivity index (χ4v) is 2.01. The molecule has 0 spiro atoms. The molecule has 2 aromatic rings. The Labute approximate surface area is 78.0 Å². The Morgan fingerprint density at radius 2 is 2.33 bits per heavy atom. The Balaban J connectivity index is 2.94. The lowest BCUT2D eigenvalue weighted by Gasteiger charge is -1.92. The van der Waals surface area contributed by atoms with E-state index in [1.54, 1.807) is 17.6 Å². The monoisotopic (exact) mass is 194 g/mol. The van der Waals surface area contributed by atoms with Gasteiger partial charge in [0.2, 0.25) is 0 Å². The van der Waals surface area contributed by atoms with E-state index >= 15 is 0 Å². The number of nitriles is 1. The highest BCUT2D eigenvalue weighted by Crippen LogP contribution is 2.28. The zero-order valence-corrected chi connectivity index (χ0v) is 7.49. The van der Waals surface area contributed by atoms with Crippen LogP contribution in [0.2, 0.25) is 5.02 Å². The van der Waals surface area contributed by atoms with Gasteiger partial charge in [-0.1, -0.05) is 11.6 Å². The van der Waals surface area contributed by atoms with Gasteiger partial charge in [-0.05, 0) is 12.1 Å². The average molecular weight is 195 g/mol. The SMILES string of the molecule is N#Cc1ccc(Cl)c2scnc12. The van der Waals surface area contributed by atoms with E-state index in [0.717, 1.165) is 4.70 Å².